The second kappa shape index (κ2) is 9.49. The largest absolute Gasteiger partial charge is 0.489 e. The van der Waals surface area contributed by atoms with Crippen LogP contribution in [0.1, 0.15) is 33.9 Å². The summed E-state index contributed by atoms with van der Waals surface area (Å²) >= 11 is 1.50. The van der Waals surface area contributed by atoms with Gasteiger partial charge in [-0.15, -0.1) is 11.3 Å². The fourth-order valence-corrected chi connectivity index (χ4v) is 3.84. The molecule has 0 saturated heterocycles. The molecule has 0 saturated carbocycles. The van der Waals surface area contributed by atoms with Gasteiger partial charge in [-0.3, -0.25) is 9.78 Å². The molecule has 0 aliphatic carbocycles. The van der Waals surface area contributed by atoms with E-state index < -0.39 is 0 Å². The molecule has 1 unspecified atom stereocenters. The van der Waals surface area contributed by atoms with Crippen LogP contribution in [0.4, 0.5) is 4.39 Å². The Morgan fingerprint density at radius 3 is 2.84 bits per heavy atom. The van der Waals surface area contributed by atoms with Crippen LogP contribution in [-0.2, 0) is 6.61 Å². The van der Waals surface area contributed by atoms with Crippen LogP contribution < -0.4 is 10.1 Å². The molecule has 5 nitrogen and oxygen atoms in total. The van der Waals surface area contributed by atoms with Gasteiger partial charge in [0.15, 0.2) is 0 Å². The quantitative estimate of drug-likeness (QED) is 0.423. The molecule has 1 atom stereocenters. The van der Waals surface area contributed by atoms with Gasteiger partial charge in [-0.25, -0.2) is 9.37 Å². The molecule has 4 aromatic rings. The highest BCUT2D eigenvalue weighted by Crippen LogP contribution is 2.25. The molecule has 1 N–H and O–H groups in total. The molecule has 0 aliphatic rings. The zero-order chi connectivity index (χ0) is 21.6. The lowest BCUT2D eigenvalue weighted by Crippen LogP contribution is -2.26. The number of carbonyl (C=O) groups excluding carboxylic acids is 1. The summed E-state index contributed by atoms with van der Waals surface area (Å²) in [5.41, 5.74) is 3.12. The first kappa shape index (κ1) is 20.7. The van der Waals surface area contributed by atoms with Gasteiger partial charge in [-0.05, 0) is 48.9 Å². The number of nitrogens with one attached hydrogen (secondary N) is 1. The van der Waals surface area contributed by atoms with Crippen molar-refractivity contribution in [1.29, 1.82) is 0 Å². The molecular weight excluding hydrogens is 413 g/mol. The molecule has 0 fully saturated rings. The highest BCUT2D eigenvalue weighted by Gasteiger charge is 2.16. The molecule has 31 heavy (non-hydrogen) atoms. The maximum absolute atomic E-state index is 13.3. The van der Waals surface area contributed by atoms with Gasteiger partial charge in [-0.2, -0.15) is 0 Å². The van der Waals surface area contributed by atoms with Crippen LogP contribution in [0.25, 0.3) is 11.3 Å². The Morgan fingerprint density at radius 2 is 2.03 bits per heavy atom. The van der Waals surface area contributed by atoms with Gasteiger partial charge in [0, 0.05) is 35.0 Å². The van der Waals surface area contributed by atoms with Gasteiger partial charge >= 0.3 is 0 Å². The number of hydrogen-bond donors (Lipinski definition) is 1. The van der Waals surface area contributed by atoms with Gasteiger partial charge in [0.25, 0.3) is 5.91 Å². The summed E-state index contributed by atoms with van der Waals surface area (Å²) in [7, 11) is 0. The molecule has 0 spiro atoms. The fourth-order valence-electron chi connectivity index (χ4n) is 3.00. The number of thiazole rings is 1. The van der Waals surface area contributed by atoms with Crippen molar-refractivity contribution in [2.24, 2.45) is 0 Å². The first-order valence-corrected chi connectivity index (χ1v) is 10.6. The van der Waals surface area contributed by atoms with Crippen LogP contribution in [-0.4, -0.2) is 15.9 Å². The summed E-state index contributed by atoms with van der Waals surface area (Å²) in [4.78, 5) is 21.5. The molecule has 2 heterocycles. The summed E-state index contributed by atoms with van der Waals surface area (Å²) < 4.78 is 18.9. The van der Waals surface area contributed by atoms with Crippen molar-refractivity contribution in [3.8, 4) is 17.0 Å². The number of halogens is 1. The molecule has 2 aromatic heterocycles. The first-order valence-electron chi connectivity index (χ1n) is 9.72. The maximum atomic E-state index is 13.3. The predicted octanol–water partition coefficient (Wildman–Crippen LogP) is 5.41. The summed E-state index contributed by atoms with van der Waals surface area (Å²) in [6, 6.07) is 16.7. The minimum Gasteiger partial charge on any atom is -0.489 e. The summed E-state index contributed by atoms with van der Waals surface area (Å²) in [6.45, 7) is 2.14. The van der Waals surface area contributed by atoms with E-state index in [0.29, 0.717) is 11.3 Å². The van der Waals surface area contributed by atoms with Crippen molar-refractivity contribution in [1.82, 2.24) is 15.3 Å². The molecule has 7 heteroatoms. The Morgan fingerprint density at radius 1 is 1.16 bits per heavy atom. The number of aromatic nitrogens is 2. The lowest BCUT2D eigenvalue weighted by molar-refractivity contribution is 0.0939. The minimum absolute atomic E-state index is 0.196. The third-order valence-corrected chi connectivity index (χ3v) is 5.62. The number of rotatable bonds is 7. The highest BCUT2D eigenvalue weighted by molar-refractivity contribution is 7.10. The van der Waals surface area contributed by atoms with Gasteiger partial charge in [0.2, 0.25) is 0 Å². The summed E-state index contributed by atoms with van der Waals surface area (Å²) in [5.74, 6) is -0.108. The lowest BCUT2D eigenvalue weighted by Gasteiger charge is -2.12. The second-order valence-corrected chi connectivity index (χ2v) is 7.84. The van der Waals surface area contributed by atoms with E-state index in [4.69, 9.17) is 4.74 Å². The summed E-state index contributed by atoms with van der Waals surface area (Å²) in [5, 5.41) is 5.76. The number of ether oxygens (including phenoxy) is 1. The van der Waals surface area contributed by atoms with Crippen LogP contribution >= 0.6 is 11.3 Å². The predicted molar refractivity (Wildman–Crippen MR) is 118 cm³/mol. The third-order valence-electron chi connectivity index (χ3n) is 4.59. The van der Waals surface area contributed by atoms with Crippen molar-refractivity contribution in [3.05, 3.63) is 100 Å². The number of hydrogen-bond acceptors (Lipinski definition) is 5. The lowest BCUT2D eigenvalue weighted by atomic mass is 10.1. The molecule has 0 aliphatic heterocycles. The zero-order valence-corrected chi connectivity index (χ0v) is 17.6. The van der Waals surface area contributed by atoms with E-state index in [9.17, 15) is 9.18 Å². The van der Waals surface area contributed by atoms with E-state index in [1.807, 2.05) is 30.5 Å². The standard InChI is InChI=1S/C24H20FN3O2S/c1-16(24-28-22(15-31-24)19-7-4-10-26-13-19)27-23(29)18-6-2-5-17(11-18)14-30-21-9-3-8-20(25)12-21/h2-13,15-16H,14H2,1H3,(H,27,29). The Bertz CT molecular complexity index is 1180. The highest BCUT2D eigenvalue weighted by atomic mass is 32.1. The SMILES string of the molecule is CC(NC(=O)c1cccc(COc2cccc(F)c2)c1)c1nc(-c2cccnc2)cs1. The van der Waals surface area contributed by atoms with Crippen molar-refractivity contribution in [2.75, 3.05) is 0 Å². The van der Waals surface area contributed by atoms with Gasteiger partial charge < -0.3 is 10.1 Å². The van der Waals surface area contributed by atoms with E-state index in [-0.39, 0.29) is 24.4 Å². The second-order valence-electron chi connectivity index (χ2n) is 6.95. The van der Waals surface area contributed by atoms with Crippen LogP contribution in [0.5, 0.6) is 5.75 Å². The van der Waals surface area contributed by atoms with Crippen LogP contribution in [0.15, 0.2) is 78.4 Å². The van der Waals surface area contributed by atoms with Gasteiger partial charge in [0.05, 0.1) is 11.7 Å². The Kier molecular flexibility index (Phi) is 6.33. The van der Waals surface area contributed by atoms with E-state index in [0.717, 1.165) is 21.8 Å². The van der Waals surface area contributed by atoms with Crippen molar-refractivity contribution < 1.29 is 13.9 Å². The number of benzene rings is 2. The average molecular weight is 434 g/mol. The monoisotopic (exact) mass is 433 g/mol. The number of pyridine rings is 1. The van der Waals surface area contributed by atoms with E-state index in [1.165, 1.54) is 23.5 Å². The normalized spacial score (nSPS) is 11.7. The van der Waals surface area contributed by atoms with Crippen molar-refractivity contribution in [2.45, 2.75) is 19.6 Å². The number of carbonyl (C=O) groups is 1. The average Bonchev–Trinajstić information content (AvgIpc) is 3.29. The molecule has 4 rings (SSSR count). The number of amides is 1. The molecule has 1 amide bonds. The van der Waals surface area contributed by atoms with Crippen LogP contribution in [0, 0.1) is 5.82 Å². The Hall–Kier alpha value is -3.58. The molecule has 0 bridgehead atoms. The molecular formula is C24H20FN3O2S. The topological polar surface area (TPSA) is 64.1 Å². The third kappa shape index (κ3) is 5.32. The smallest absolute Gasteiger partial charge is 0.251 e. The van der Waals surface area contributed by atoms with Crippen molar-refractivity contribution in [3.63, 3.8) is 0 Å². The van der Waals surface area contributed by atoms with Gasteiger partial charge in [0.1, 0.15) is 23.2 Å². The maximum Gasteiger partial charge on any atom is 0.251 e. The van der Waals surface area contributed by atoms with E-state index in [1.54, 1.807) is 42.7 Å². The molecule has 0 radical (unpaired) electrons. The van der Waals surface area contributed by atoms with Crippen LogP contribution in [0.2, 0.25) is 0 Å². The summed E-state index contributed by atoms with van der Waals surface area (Å²) in [6.07, 6.45) is 3.48. The number of nitrogens with zero attached hydrogens (tertiary/aromatic N) is 2. The zero-order valence-electron chi connectivity index (χ0n) is 16.8. The minimum atomic E-state index is -0.353. The van der Waals surface area contributed by atoms with Crippen molar-refractivity contribution >= 4 is 17.2 Å². The molecule has 156 valence electrons. The van der Waals surface area contributed by atoms with Crippen LogP contribution in [0.3, 0.4) is 0 Å². The Labute approximate surface area is 183 Å². The molecule has 2 aromatic carbocycles. The van der Waals surface area contributed by atoms with E-state index in [2.05, 4.69) is 15.3 Å². The fraction of sp³-hybridized carbons (Fsp3) is 0.125. The first-order chi connectivity index (χ1) is 15.1. The van der Waals surface area contributed by atoms with Gasteiger partial charge in [-0.1, -0.05) is 18.2 Å². The Balaban J connectivity index is 1.39. The van der Waals surface area contributed by atoms with E-state index >= 15 is 0 Å².